The second-order valence-corrected chi connectivity index (χ2v) is 3.71. The summed E-state index contributed by atoms with van der Waals surface area (Å²) in [5, 5.41) is 8.64. The van der Waals surface area contributed by atoms with Gasteiger partial charge in [-0.3, -0.25) is 9.69 Å². The SMILES string of the molecule is NCCCN(CC(=O)O)CC1CC1. The van der Waals surface area contributed by atoms with E-state index in [1.54, 1.807) is 0 Å². The Morgan fingerprint density at radius 3 is 2.69 bits per heavy atom. The summed E-state index contributed by atoms with van der Waals surface area (Å²) in [5.41, 5.74) is 5.38. The molecule has 0 aromatic heterocycles. The highest BCUT2D eigenvalue weighted by molar-refractivity contribution is 5.69. The van der Waals surface area contributed by atoms with Crippen molar-refractivity contribution in [3.8, 4) is 0 Å². The van der Waals surface area contributed by atoms with Crippen LogP contribution in [-0.4, -0.2) is 42.2 Å². The standard InChI is InChI=1S/C9H18N2O2/c10-4-1-5-11(7-9(12)13)6-8-2-3-8/h8H,1-7,10H2,(H,12,13). The van der Waals surface area contributed by atoms with Crippen molar-refractivity contribution in [2.24, 2.45) is 11.7 Å². The fraction of sp³-hybridized carbons (Fsp3) is 0.889. The van der Waals surface area contributed by atoms with Gasteiger partial charge in [0.25, 0.3) is 0 Å². The number of rotatable bonds is 7. The molecule has 1 rings (SSSR count). The van der Waals surface area contributed by atoms with E-state index in [1.165, 1.54) is 12.8 Å². The molecule has 0 atom stereocenters. The molecular formula is C9H18N2O2. The monoisotopic (exact) mass is 186 g/mol. The third-order valence-electron chi connectivity index (χ3n) is 2.25. The van der Waals surface area contributed by atoms with Gasteiger partial charge in [-0.2, -0.15) is 0 Å². The molecule has 3 N–H and O–H groups in total. The van der Waals surface area contributed by atoms with Crippen LogP contribution in [0.1, 0.15) is 19.3 Å². The number of carboxylic acids is 1. The van der Waals surface area contributed by atoms with Crippen LogP contribution < -0.4 is 5.73 Å². The molecule has 4 nitrogen and oxygen atoms in total. The number of nitrogens with zero attached hydrogens (tertiary/aromatic N) is 1. The molecule has 0 aromatic carbocycles. The van der Waals surface area contributed by atoms with Crippen LogP contribution in [0, 0.1) is 5.92 Å². The molecule has 0 aromatic rings. The molecule has 4 heteroatoms. The zero-order valence-electron chi connectivity index (χ0n) is 7.91. The molecule has 0 amide bonds. The van der Waals surface area contributed by atoms with Crippen LogP contribution >= 0.6 is 0 Å². The van der Waals surface area contributed by atoms with Crippen molar-refractivity contribution >= 4 is 5.97 Å². The first-order valence-corrected chi connectivity index (χ1v) is 4.86. The van der Waals surface area contributed by atoms with Crippen LogP contribution in [0.2, 0.25) is 0 Å². The second kappa shape index (κ2) is 5.19. The fourth-order valence-corrected chi connectivity index (χ4v) is 1.41. The van der Waals surface area contributed by atoms with Gasteiger partial charge in [0.2, 0.25) is 0 Å². The van der Waals surface area contributed by atoms with Crippen LogP contribution in [0.4, 0.5) is 0 Å². The van der Waals surface area contributed by atoms with Gasteiger partial charge in [-0.1, -0.05) is 0 Å². The van der Waals surface area contributed by atoms with Gasteiger partial charge in [0.15, 0.2) is 0 Å². The van der Waals surface area contributed by atoms with Gasteiger partial charge in [-0.25, -0.2) is 0 Å². The Labute approximate surface area is 78.7 Å². The van der Waals surface area contributed by atoms with E-state index in [2.05, 4.69) is 0 Å². The van der Waals surface area contributed by atoms with Crippen molar-refractivity contribution in [3.63, 3.8) is 0 Å². The Balaban J connectivity index is 2.19. The summed E-state index contributed by atoms with van der Waals surface area (Å²) in [5.74, 6) is 0.00907. The molecular weight excluding hydrogens is 168 g/mol. The smallest absolute Gasteiger partial charge is 0.317 e. The maximum Gasteiger partial charge on any atom is 0.317 e. The zero-order valence-corrected chi connectivity index (χ0v) is 7.91. The molecule has 0 radical (unpaired) electrons. The van der Waals surface area contributed by atoms with Gasteiger partial charge >= 0.3 is 5.97 Å². The highest BCUT2D eigenvalue weighted by Crippen LogP contribution is 2.29. The molecule has 13 heavy (non-hydrogen) atoms. The Morgan fingerprint density at radius 1 is 1.54 bits per heavy atom. The largest absolute Gasteiger partial charge is 0.480 e. The Bertz CT molecular complexity index is 169. The predicted octanol–water partition coefficient (Wildman–Crippen LogP) is 0.132. The molecule has 0 spiro atoms. The Hall–Kier alpha value is -0.610. The van der Waals surface area contributed by atoms with Crippen molar-refractivity contribution in [3.05, 3.63) is 0 Å². The van der Waals surface area contributed by atoms with E-state index in [4.69, 9.17) is 10.8 Å². The van der Waals surface area contributed by atoms with Gasteiger partial charge in [0.1, 0.15) is 0 Å². The molecule has 0 unspecified atom stereocenters. The normalized spacial score (nSPS) is 16.5. The number of nitrogens with two attached hydrogens (primary N) is 1. The lowest BCUT2D eigenvalue weighted by atomic mass is 10.3. The molecule has 1 aliphatic carbocycles. The third-order valence-corrected chi connectivity index (χ3v) is 2.25. The van der Waals surface area contributed by atoms with E-state index in [0.29, 0.717) is 6.54 Å². The van der Waals surface area contributed by atoms with Gasteiger partial charge in [0.05, 0.1) is 6.54 Å². The van der Waals surface area contributed by atoms with E-state index in [0.717, 1.165) is 25.4 Å². The molecule has 0 bridgehead atoms. The van der Waals surface area contributed by atoms with E-state index in [9.17, 15) is 4.79 Å². The van der Waals surface area contributed by atoms with Crippen molar-refractivity contribution in [1.29, 1.82) is 0 Å². The summed E-state index contributed by atoms with van der Waals surface area (Å²) in [6.07, 6.45) is 3.41. The molecule has 76 valence electrons. The molecule has 1 aliphatic rings. The zero-order chi connectivity index (χ0) is 9.68. The lowest BCUT2D eigenvalue weighted by Gasteiger charge is -2.19. The quantitative estimate of drug-likeness (QED) is 0.593. The van der Waals surface area contributed by atoms with Crippen molar-refractivity contribution in [2.75, 3.05) is 26.2 Å². The van der Waals surface area contributed by atoms with Gasteiger partial charge in [-0.15, -0.1) is 0 Å². The fourth-order valence-electron chi connectivity index (χ4n) is 1.41. The first-order valence-electron chi connectivity index (χ1n) is 4.86. The topological polar surface area (TPSA) is 66.6 Å². The summed E-state index contributed by atoms with van der Waals surface area (Å²) in [6.45, 7) is 2.56. The van der Waals surface area contributed by atoms with Crippen molar-refractivity contribution in [2.45, 2.75) is 19.3 Å². The summed E-state index contributed by atoms with van der Waals surface area (Å²) in [6, 6.07) is 0. The number of hydrogen-bond donors (Lipinski definition) is 2. The summed E-state index contributed by atoms with van der Waals surface area (Å²) in [4.78, 5) is 12.5. The second-order valence-electron chi connectivity index (χ2n) is 3.71. The Kier molecular flexibility index (Phi) is 4.18. The van der Waals surface area contributed by atoms with E-state index >= 15 is 0 Å². The number of carboxylic acid groups (broad SMARTS) is 1. The minimum absolute atomic E-state index is 0.163. The van der Waals surface area contributed by atoms with E-state index in [-0.39, 0.29) is 6.54 Å². The molecule has 0 heterocycles. The lowest BCUT2D eigenvalue weighted by molar-refractivity contribution is -0.138. The van der Waals surface area contributed by atoms with Crippen molar-refractivity contribution < 1.29 is 9.90 Å². The average molecular weight is 186 g/mol. The first kappa shape index (κ1) is 10.5. The molecule has 1 fully saturated rings. The minimum Gasteiger partial charge on any atom is -0.480 e. The van der Waals surface area contributed by atoms with Crippen LogP contribution in [0.5, 0.6) is 0 Å². The average Bonchev–Trinajstić information content (AvgIpc) is 2.83. The van der Waals surface area contributed by atoms with Crippen LogP contribution in [0.15, 0.2) is 0 Å². The van der Waals surface area contributed by atoms with Crippen LogP contribution in [0.25, 0.3) is 0 Å². The lowest BCUT2D eigenvalue weighted by Crippen LogP contribution is -2.33. The highest BCUT2D eigenvalue weighted by Gasteiger charge is 2.24. The number of carbonyl (C=O) groups is 1. The van der Waals surface area contributed by atoms with E-state index in [1.807, 2.05) is 4.90 Å². The van der Waals surface area contributed by atoms with Gasteiger partial charge in [0, 0.05) is 6.54 Å². The maximum absolute atomic E-state index is 10.5. The van der Waals surface area contributed by atoms with Gasteiger partial charge in [-0.05, 0) is 38.3 Å². The summed E-state index contributed by atoms with van der Waals surface area (Å²) >= 11 is 0. The van der Waals surface area contributed by atoms with Crippen LogP contribution in [-0.2, 0) is 4.79 Å². The highest BCUT2D eigenvalue weighted by atomic mass is 16.4. The van der Waals surface area contributed by atoms with E-state index < -0.39 is 5.97 Å². The molecule has 0 saturated heterocycles. The third kappa shape index (κ3) is 4.85. The summed E-state index contributed by atoms with van der Waals surface area (Å²) < 4.78 is 0. The molecule has 1 saturated carbocycles. The number of hydrogen-bond acceptors (Lipinski definition) is 3. The summed E-state index contributed by atoms with van der Waals surface area (Å²) in [7, 11) is 0. The predicted molar refractivity (Wildman–Crippen MR) is 50.5 cm³/mol. The van der Waals surface area contributed by atoms with Gasteiger partial charge < -0.3 is 10.8 Å². The van der Waals surface area contributed by atoms with Crippen molar-refractivity contribution in [1.82, 2.24) is 4.90 Å². The minimum atomic E-state index is -0.738. The molecule has 0 aliphatic heterocycles. The maximum atomic E-state index is 10.5. The Morgan fingerprint density at radius 2 is 2.23 bits per heavy atom. The van der Waals surface area contributed by atoms with Crippen LogP contribution in [0.3, 0.4) is 0 Å². The number of aliphatic carboxylic acids is 1. The first-order chi connectivity index (χ1) is 6.22.